The Morgan fingerprint density at radius 2 is 0.737 bits per heavy atom. The lowest BCUT2D eigenvalue weighted by molar-refractivity contribution is -0.118. The van der Waals surface area contributed by atoms with Crippen LogP contribution < -0.4 is 0 Å². The van der Waals surface area contributed by atoms with Crippen LogP contribution in [0.4, 0.5) is 0 Å². The van der Waals surface area contributed by atoms with Gasteiger partial charge in [0.15, 0.2) is 0 Å². The van der Waals surface area contributed by atoms with Gasteiger partial charge in [0.05, 0.1) is 26.4 Å². The first-order valence-electron chi connectivity index (χ1n) is 13.0. The lowest BCUT2D eigenvalue weighted by Crippen LogP contribution is -2.37. The SMILES string of the molecule is OC[C@H](OCc1c2ccccc2cc2ccccc12)[C@H](CO)OCc1c2ccccc2cc2ccccc12. The van der Waals surface area contributed by atoms with Gasteiger partial charge in [-0.15, -0.1) is 0 Å². The summed E-state index contributed by atoms with van der Waals surface area (Å²) < 4.78 is 12.5. The van der Waals surface area contributed by atoms with Crippen LogP contribution >= 0.6 is 0 Å². The van der Waals surface area contributed by atoms with E-state index in [1.54, 1.807) is 0 Å². The van der Waals surface area contributed by atoms with E-state index >= 15 is 0 Å². The second kappa shape index (κ2) is 10.9. The normalized spacial score (nSPS) is 13.4. The first kappa shape index (κ1) is 24.5. The molecule has 0 heterocycles. The highest BCUT2D eigenvalue weighted by molar-refractivity contribution is 6.03. The van der Waals surface area contributed by atoms with Gasteiger partial charge in [0.2, 0.25) is 0 Å². The summed E-state index contributed by atoms with van der Waals surface area (Å²) in [6.07, 6.45) is -1.36. The summed E-state index contributed by atoms with van der Waals surface area (Å²) in [5.41, 5.74) is 2.13. The van der Waals surface area contributed by atoms with Crippen molar-refractivity contribution in [2.45, 2.75) is 25.4 Å². The van der Waals surface area contributed by atoms with E-state index in [-0.39, 0.29) is 13.2 Å². The molecule has 0 saturated heterocycles. The molecule has 0 saturated carbocycles. The Bertz CT molecular complexity index is 1490. The van der Waals surface area contributed by atoms with Crippen LogP contribution in [0.1, 0.15) is 11.1 Å². The van der Waals surface area contributed by atoms with Gasteiger partial charge in [-0.25, -0.2) is 0 Å². The molecule has 4 nitrogen and oxygen atoms in total. The number of aliphatic hydroxyl groups is 2. The number of hydrogen-bond donors (Lipinski definition) is 2. The second-order valence-electron chi connectivity index (χ2n) is 9.66. The molecule has 4 heteroatoms. The summed E-state index contributed by atoms with van der Waals surface area (Å²) in [5.74, 6) is 0. The fourth-order valence-electron chi connectivity index (χ4n) is 5.46. The molecule has 0 spiro atoms. The zero-order valence-corrected chi connectivity index (χ0v) is 21.1. The Balaban J connectivity index is 1.27. The van der Waals surface area contributed by atoms with Gasteiger partial charge in [-0.1, -0.05) is 97.1 Å². The predicted octanol–water partition coefficient (Wildman–Crippen LogP) is 6.75. The lowest BCUT2D eigenvalue weighted by Gasteiger charge is -2.26. The maximum Gasteiger partial charge on any atom is 0.109 e. The van der Waals surface area contributed by atoms with Gasteiger partial charge in [0, 0.05) is 0 Å². The van der Waals surface area contributed by atoms with Gasteiger partial charge < -0.3 is 19.7 Å². The number of benzene rings is 6. The average Bonchev–Trinajstić information content (AvgIpc) is 2.97. The van der Waals surface area contributed by atoms with E-state index in [9.17, 15) is 10.2 Å². The quantitative estimate of drug-likeness (QED) is 0.215. The smallest absolute Gasteiger partial charge is 0.109 e. The minimum atomic E-state index is -0.682. The van der Waals surface area contributed by atoms with Crippen molar-refractivity contribution >= 4 is 43.1 Å². The Labute approximate surface area is 221 Å². The molecule has 2 N–H and O–H groups in total. The summed E-state index contributed by atoms with van der Waals surface area (Å²) in [7, 11) is 0. The number of fused-ring (bicyclic) bond motifs is 4. The van der Waals surface area contributed by atoms with Crippen molar-refractivity contribution in [3.63, 3.8) is 0 Å². The molecule has 0 aliphatic heterocycles. The summed E-state index contributed by atoms with van der Waals surface area (Å²) in [5, 5.41) is 29.5. The molecule has 0 aliphatic carbocycles. The van der Waals surface area contributed by atoms with Gasteiger partial charge >= 0.3 is 0 Å². The molecule has 190 valence electrons. The predicted molar refractivity (Wildman–Crippen MR) is 154 cm³/mol. The van der Waals surface area contributed by atoms with E-state index in [0.717, 1.165) is 54.2 Å². The minimum absolute atomic E-state index is 0.260. The molecule has 2 atom stereocenters. The lowest BCUT2D eigenvalue weighted by atomic mass is 9.97. The second-order valence-corrected chi connectivity index (χ2v) is 9.66. The van der Waals surface area contributed by atoms with Crippen molar-refractivity contribution in [2.75, 3.05) is 13.2 Å². The van der Waals surface area contributed by atoms with Crippen molar-refractivity contribution in [3.05, 3.63) is 120 Å². The molecule has 6 rings (SSSR count). The maximum atomic E-state index is 10.3. The van der Waals surface area contributed by atoms with Gasteiger partial charge in [-0.2, -0.15) is 0 Å². The molecule has 0 radical (unpaired) electrons. The average molecular weight is 503 g/mol. The van der Waals surface area contributed by atoms with Gasteiger partial charge in [0.1, 0.15) is 12.2 Å². The zero-order valence-electron chi connectivity index (χ0n) is 21.1. The van der Waals surface area contributed by atoms with Crippen molar-refractivity contribution in [1.82, 2.24) is 0 Å². The fraction of sp³-hybridized carbons (Fsp3) is 0.176. The van der Waals surface area contributed by atoms with Crippen LogP contribution in [0.25, 0.3) is 43.1 Å². The van der Waals surface area contributed by atoms with Gasteiger partial charge in [-0.3, -0.25) is 0 Å². The fourth-order valence-corrected chi connectivity index (χ4v) is 5.46. The van der Waals surface area contributed by atoms with E-state index < -0.39 is 12.2 Å². The highest BCUT2D eigenvalue weighted by Crippen LogP contribution is 2.31. The monoisotopic (exact) mass is 502 g/mol. The molecule has 0 aliphatic rings. The molecular weight excluding hydrogens is 472 g/mol. The van der Waals surface area contributed by atoms with Crippen molar-refractivity contribution < 1.29 is 19.7 Å². The molecule has 0 unspecified atom stereocenters. The van der Waals surface area contributed by atoms with E-state index in [2.05, 4.69) is 60.7 Å². The third kappa shape index (κ3) is 4.64. The van der Waals surface area contributed by atoms with Crippen LogP contribution in [-0.2, 0) is 22.7 Å². The third-order valence-electron chi connectivity index (χ3n) is 7.42. The number of rotatable bonds is 9. The molecular formula is C34H30O4. The minimum Gasteiger partial charge on any atom is -0.394 e. The van der Waals surface area contributed by atoms with E-state index in [0.29, 0.717) is 13.2 Å². The van der Waals surface area contributed by atoms with Gasteiger partial charge in [0.25, 0.3) is 0 Å². The molecule has 0 amide bonds. The summed E-state index contributed by atoms with van der Waals surface area (Å²) in [4.78, 5) is 0. The Morgan fingerprint density at radius 3 is 1.03 bits per heavy atom. The first-order chi connectivity index (χ1) is 18.8. The molecule has 38 heavy (non-hydrogen) atoms. The summed E-state index contributed by atoms with van der Waals surface area (Å²) in [6.45, 7) is 0.0721. The van der Waals surface area contributed by atoms with Crippen LogP contribution in [0, 0.1) is 0 Å². The van der Waals surface area contributed by atoms with Crippen LogP contribution in [0.2, 0.25) is 0 Å². The highest BCUT2D eigenvalue weighted by Gasteiger charge is 2.23. The number of ether oxygens (including phenoxy) is 2. The molecule has 0 bridgehead atoms. The highest BCUT2D eigenvalue weighted by atomic mass is 16.6. The molecule has 6 aromatic rings. The maximum absolute atomic E-state index is 10.3. The number of aliphatic hydroxyl groups excluding tert-OH is 2. The summed E-state index contributed by atoms with van der Waals surface area (Å²) in [6, 6.07) is 37.4. The van der Waals surface area contributed by atoms with Crippen LogP contribution in [0.3, 0.4) is 0 Å². The van der Waals surface area contributed by atoms with Crippen LogP contribution in [-0.4, -0.2) is 35.6 Å². The first-order valence-corrected chi connectivity index (χ1v) is 13.0. The van der Waals surface area contributed by atoms with Gasteiger partial charge in [-0.05, 0) is 66.3 Å². The van der Waals surface area contributed by atoms with E-state index in [4.69, 9.17) is 9.47 Å². The standard InChI is InChI=1S/C34H30O4/c35-19-33(37-21-31-27-13-5-1-9-23(27)17-24-10-2-6-14-28(24)31)34(20-36)38-22-32-29-15-7-3-11-25(29)18-26-12-4-8-16-30(26)32/h1-18,33-36H,19-22H2/t33-,34-/m0/s1. The van der Waals surface area contributed by atoms with Crippen molar-refractivity contribution in [2.24, 2.45) is 0 Å². The Kier molecular flexibility index (Phi) is 7.04. The van der Waals surface area contributed by atoms with Crippen molar-refractivity contribution in [1.29, 1.82) is 0 Å². The Hall–Kier alpha value is -3.80. The zero-order chi connectivity index (χ0) is 25.9. The third-order valence-corrected chi connectivity index (χ3v) is 7.42. The molecule has 6 aromatic carbocycles. The van der Waals surface area contributed by atoms with Crippen molar-refractivity contribution in [3.8, 4) is 0 Å². The topological polar surface area (TPSA) is 58.9 Å². The number of hydrogen-bond acceptors (Lipinski definition) is 4. The van der Waals surface area contributed by atoms with E-state index in [1.165, 1.54) is 0 Å². The largest absolute Gasteiger partial charge is 0.394 e. The molecule has 0 fully saturated rings. The van der Waals surface area contributed by atoms with Crippen LogP contribution in [0.5, 0.6) is 0 Å². The molecule has 0 aromatic heterocycles. The Morgan fingerprint density at radius 1 is 0.447 bits per heavy atom. The van der Waals surface area contributed by atoms with E-state index in [1.807, 2.05) is 48.5 Å². The summed E-state index contributed by atoms with van der Waals surface area (Å²) >= 11 is 0. The van der Waals surface area contributed by atoms with Crippen LogP contribution in [0.15, 0.2) is 109 Å².